The van der Waals surface area contributed by atoms with Gasteiger partial charge in [-0.3, -0.25) is 4.68 Å². The molecule has 2 aromatic heterocycles. The molecule has 6 heteroatoms. The van der Waals surface area contributed by atoms with Gasteiger partial charge in [0.05, 0.1) is 35.5 Å². The van der Waals surface area contributed by atoms with Crippen LogP contribution in [0.15, 0.2) is 23.7 Å². The molecule has 0 saturated heterocycles. The van der Waals surface area contributed by atoms with Gasteiger partial charge in [-0.2, -0.15) is 15.4 Å². The Morgan fingerprint density at radius 2 is 2.14 bits per heavy atom. The van der Waals surface area contributed by atoms with Crippen LogP contribution in [0.4, 0.5) is 5.82 Å². The Balaban J connectivity index is 2.04. The summed E-state index contributed by atoms with van der Waals surface area (Å²) in [7, 11) is 0. The van der Waals surface area contributed by atoms with E-state index in [1.165, 1.54) is 6.33 Å². The summed E-state index contributed by atoms with van der Waals surface area (Å²) in [5.41, 5.74) is 2.29. The van der Waals surface area contributed by atoms with Crippen LogP contribution in [0.1, 0.15) is 38.7 Å². The van der Waals surface area contributed by atoms with Crippen LogP contribution < -0.4 is 0 Å². The highest BCUT2D eigenvalue weighted by Gasteiger charge is 2.29. The van der Waals surface area contributed by atoms with Crippen molar-refractivity contribution in [3.8, 4) is 17.3 Å². The van der Waals surface area contributed by atoms with E-state index >= 15 is 0 Å². The maximum Gasteiger partial charge on any atom is 0.173 e. The lowest BCUT2D eigenvalue weighted by Gasteiger charge is -2.29. The van der Waals surface area contributed by atoms with Gasteiger partial charge in [-0.15, -0.1) is 0 Å². The molecule has 6 nitrogen and oxygen atoms in total. The topological polar surface area (TPSA) is 79.8 Å². The van der Waals surface area contributed by atoms with Crippen LogP contribution in [0.3, 0.4) is 0 Å². The molecule has 0 fully saturated rings. The van der Waals surface area contributed by atoms with E-state index in [4.69, 9.17) is 5.26 Å². The van der Waals surface area contributed by atoms with Crippen LogP contribution in [0.25, 0.3) is 17.3 Å². The zero-order chi connectivity index (χ0) is 15.6. The zero-order valence-electron chi connectivity index (χ0n) is 12.6. The summed E-state index contributed by atoms with van der Waals surface area (Å²) in [4.78, 5) is 12.5. The fourth-order valence-corrected chi connectivity index (χ4v) is 2.75. The van der Waals surface area contributed by atoms with Gasteiger partial charge in [-0.25, -0.2) is 9.97 Å². The number of fused-ring (bicyclic) bond motifs is 1. The maximum atomic E-state index is 9.14. The molecule has 0 aliphatic carbocycles. The summed E-state index contributed by atoms with van der Waals surface area (Å²) < 4.78 is 1.90. The molecule has 110 valence electrons. The Labute approximate surface area is 128 Å². The molecular weight excluding hydrogens is 276 g/mol. The van der Waals surface area contributed by atoms with Crippen molar-refractivity contribution >= 4 is 17.8 Å². The van der Waals surface area contributed by atoms with E-state index in [9.17, 15) is 0 Å². The molecule has 3 heterocycles. The van der Waals surface area contributed by atoms with Crippen LogP contribution in [0.5, 0.6) is 0 Å². The molecule has 1 aliphatic heterocycles. The SMILES string of the molecule is CCC(CC)(CC#N)n1cc(-c2ncnc3c2C=C=N3)cn1. The molecule has 0 aromatic carbocycles. The molecule has 0 bridgehead atoms. The fourth-order valence-electron chi connectivity index (χ4n) is 2.75. The third-order valence-corrected chi connectivity index (χ3v) is 4.31. The summed E-state index contributed by atoms with van der Waals surface area (Å²) in [6.07, 6.45) is 9.16. The lowest BCUT2D eigenvalue weighted by atomic mass is 9.90. The molecule has 0 radical (unpaired) electrons. The van der Waals surface area contributed by atoms with Gasteiger partial charge in [-0.1, -0.05) is 13.8 Å². The van der Waals surface area contributed by atoms with Crippen molar-refractivity contribution in [2.24, 2.45) is 4.99 Å². The number of hydrogen-bond donors (Lipinski definition) is 0. The van der Waals surface area contributed by atoms with Crippen molar-refractivity contribution in [1.82, 2.24) is 19.7 Å². The van der Waals surface area contributed by atoms with E-state index < -0.39 is 0 Å². The van der Waals surface area contributed by atoms with Gasteiger partial charge >= 0.3 is 0 Å². The van der Waals surface area contributed by atoms with E-state index in [1.807, 2.05) is 10.9 Å². The number of hydrogen-bond acceptors (Lipinski definition) is 5. The van der Waals surface area contributed by atoms with Crippen molar-refractivity contribution in [2.45, 2.75) is 38.6 Å². The van der Waals surface area contributed by atoms with Crippen molar-refractivity contribution in [2.75, 3.05) is 0 Å². The number of nitriles is 1. The van der Waals surface area contributed by atoms with Crippen molar-refractivity contribution in [3.05, 3.63) is 24.3 Å². The number of aromatic nitrogens is 4. The predicted octanol–water partition coefficient (Wildman–Crippen LogP) is 3.10. The summed E-state index contributed by atoms with van der Waals surface area (Å²) >= 11 is 0. The molecule has 0 spiro atoms. The monoisotopic (exact) mass is 292 g/mol. The summed E-state index contributed by atoms with van der Waals surface area (Å²) in [5.74, 6) is 3.44. The van der Waals surface area contributed by atoms with Crippen molar-refractivity contribution in [1.29, 1.82) is 5.26 Å². The summed E-state index contributed by atoms with van der Waals surface area (Å²) in [6.45, 7) is 4.17. The first-order valence-corrected chi connectivity index (χ1v) is 7.31. The largest absolute Gasteiger partial charge is 0.265 e. The number of rotatable bonds is 5. The lowest BCUT2D eigenvalue weighted by Crippen LogP contribution is -2.32. The second-order valence-corrected chi connectivity index (χ2v) is 5.28. The minimum absolute atomic E-state index is 0.268. The van der Waals surface area contributed by atoms with Gasteiger partial charge in [0.2, 0.25) is 0 Å². The molecule has 2 aromatic rings. The Bertz CT molecular complexity index is 800. The van der Waals surface area contributed by atoms with Gasteiger partial charge in [0, 0.05) is 17.8 Å². The first-order valence-electron chi connectivity index (χ1n) is 7.31. The van der Waals surface area contributed by atoms with E-state index in [0.29, 0.717) is 12.2 Å². The molecule has 0 saturated carbocycles. The average molecular weight is 292 g/mol. The Morgan fingerprint density at radius 3 is 2.86 bits per heavy atom. The maximum absolute atomic E-state index is 9.14. The second kappa shape index (κ2) is 5.55. The molecule has 0 atom stereocenters. The Kier molecular flexibility index (Phi) is 3.58. The quantitative estimate of drug-likeness (QED) is 0.723. The zero-order valence-corrected chi connectivity index (χ0v) is 12.6. The third kappa shape index (κ3) is 2.12. The van der Waals surface area contributed by atoms with Crippen LogP contribution in [-0.2, 0) is 5.54 Å². The minimum Gasteiger partial charge on any atom is -0.265 e. The first kappa shape index (κ1) is 14.2. The van der Waals surface area contributed by atoms with Crippen LogP contribution >= 0.6 is 0 Å². The smallest absolute Gasteiger partial charge is 0.173 e. The normalized spacial score (nSPS) is 12.4. The van der Waals surface area contributed by atoms with E-state index in [2.05, 4.69) is 45.8 Å². The van der Waals surface area contributed by atoms with Crippen molar-refractivity contribution in [3.63, 3.8) is 0 Å². The molecule has 0 unspecified atom stereocenters. The molecule has 3 rings (SSSR count). The van der Waals surface area contributed by atoms with Crippen LogP contribution in [0, 0.1) is 11.3 Å². The second-order valence-electron chi connectivity index (χ2n) is 5.28. The van der Waals surface area contributed by atoms with E-state index in [1.54, 1.807) is 12.3 Å². The lowest BCUT2D eigenvalue weighted by molar-refractivity contribution is 0.240. The minimum atomic E-state index is -0.268. The molecular formula is C16H16N6. The van der Waals surface area contributed by atoms with Gasteiger partial charge in [-0.05, 0) is 18.7 Å². The number of aliphatic imine (C=N–C) groups is 1. The van der Waals surface area contributed by atoms with Gasteiger partial charge in [0.1, 0.15) is 6.33 Å². The first-order chi connectivity index (χ1) is 10.7. The standard InChI is InChI=1S/C16H16N6/c1-3-16(4-2,6-7-17)22-10-12(9-21-22)14-13-5-8-18-15(13)20-11-19-14/h5,9-11H,3-4,6H2,1-2H3. The number of nitrogens with zero attached hydrogens (tertiary/aromatic N) is 6. The molecule has 0 amide bonds. The molecule has 1 aliphatic rings. The molecule has 22 heavy (non-hydrogen) atoms. The predicted molar refractivity (Wildman–Crippen MR) is 83.6 cm³/mol. The summed E-state index contributed by atoms with van der Waals surface area (Å²) in [6, 6.07) is 2.28. The van der Waals surface area contributed by atoms with Crippen LogP contribution in [-0.4, -0.2) is 25.6 Å². The van der Waals surface area contributed by atoms with Gasteiger partial charge < -0.3 is 0 Å². The summed E-state index contributed by atoms with van der Waals surface area (Å²) in [5, 5.41) is 13.6. The van der Waals surface area contributed by atoms with Crippen LogP contribution in [0.2, 0.25) is 0 Å². The highest BCUT2D eigenvalue weighted by Crippen LogP contribution is 2.33. The fraction of sp³-hybridized carbons (Fsp3) is 0.375. The Morgan fingerprint density at radius 1 is 1.32 bits per heavy atom. The van der Waals surface area contributed by atoms with Gasteiger partial charge in [0.15, 0.2) is 5.82 Å². The highest BCUT2D eigenvalue weighted by atomic mass is 15.3. The average Bonchev–Trinajstić information content (AvgIpc) is 3.21. The van der Waals surface area contributed by atoms with E-state index in [0.717, 1.165) is 29.7 Å². The Hall–Kier alpha value is -2.77. The van der Waals surface area contributed by atoms with Crippen molar-refractivity contribution < 1.29 is 0 Å². The van der Waals surface area contributed by atoms with Gasteiger partial charge in [0.25, 0.3) is 0 Å². The molecule has 0 N–H and O–H groups in total. The highest BCUT2D eigenvalue weighted by molar-refractivity contribution is 5.93. The third-order valence-electron chi connectivity index (χ3n) is 4.31. The van der Waals surface area contributed by atoms with E-state index in [-0.39, 0.29) is 5.54 Å².